The first-order valence-electron chi connectivity index (χ1n) is 9.12. The number of rotatable bonds is 3. The Labute approximate surface area is 220 Å². The van der Waals surface area contributed by atoms with Crippen molar-refractivity contribution in [3.05, 3.63) is 89.5 Å². The summed E-state index contributed by atoms with van der Waals surface area (Å²) in [5.74, 6) is 0. The van der Waals surface area contributed by atoms with E-state index in [-0.39, 0.29) is 42.0 Å². The Bertz CT molecular complexity index is 1190. The Morgan fingerprint density at radius 3 is 0.676 bits per heavy atom. The van der Waals surface area contributed by atoms with Gasteiger partial charge in [-0.15, -0.1) is 0 Å². The summed E-state index contributed by atoms with van der Waals surface area (Å²) < 4.78 is 88.7. The zero-order chi connectivity index (χ0) is 25.4. The zero-order valence-electron chi connectivity index (χ0n) is 18.5. The molecule has 183 valence electrons. The van der Waals surface area contributed by atoms with Crippen LogP contribution in [-0.2, 0) is 30.4 Å². The van der Waals surface area contributed by atoms with Crippen LogP contribution in [0.2, 0.25) is 0 Å². The number of hydrogen-bond acceptors (Lipinski definition) is 6. The minimum atomic E-state index is -4.02. The van der Waals surface area contributed by atoms with Gasteiger partial charge in [-0.05, 0) is 57.2 Å². The van der Waals surface area contributed by atoms with E-state index < -0.39 is 30.4 Å². The topological polar surface area (TPSA) is 163 Å². The summed E-state index contributed by atoms with van der Waals surface area (Å²) in [4.78, 5) is -0.200. The molecule has 3 aromatic carbocycles. The van der Waals surface area contributed by atoms with Gasteiger partial charge in [0.15, 0.2) is 0 Å². The molecule has 0 aromatic heterocycles. The molecular weight excluding hydrogens is 697 g/mol. The first-order chi connectivity index (χ1) is 15.0. The van der Waals surface area contributed by atoms with Crippen LogP contribution >= 0.6 is 0 Å². The molecule has 0 saturated heterocycles. The van der Waals surface area contributed by atoms with Crippen LogP contribution in [0.1, 0.15) is 16.7 Å². The first kappa shape index (κ1) is 32.3. The van der Waals surface area contributed by atoms with Gasteiger partial charge in [-0.25, -0.2) is 0 Å². The third-order valence-electron chi connectivity index (χ3n) is 3.96. The second kappa shape index (κ2) is 13.4. The molecule has 0 bridgehead atoms. The van der Waals surface area contributed by atoms with Crippen molar-refractivity contribution < 1.29 is 38.9 Å². The van der Waals surface area contributed by atoms with Crippen LogP contribution in [0.5, 0.6) is 0 Å². The van der Waals surface area contributed by atoms with Gasteiger partial charge in [-0.1, -0.05) is 53.1 Å². The van der Waals surface area contributed by atoms with Crippen molar-refractivity contribution in [2.45, 2.75) is 35.5 Å². The van der Waals surface area contributed by atoms with Gasteiger partial charge in [0.25, 0.3) is 30.4 Å². The zero-order valence-corrected chi connectivity index (χ0v) is 25.5. The Morgan fingerprint density at radius 2 is 0.559 bits per heavy atom. The predicted molar refractivity (Wildman–Crippen MR) is 129 cm³/mol. The SMILES string of the molecule is Cc1ccc(S(=O)(=O)O)cc1.Cc1ccc(S(=O)(=O)O)cc1.Cc1ccc(S(=O)(=O)O)cc1.[Tl]. The molecule has 3 N–H and O–H groups in total. The fourth-order valence-electron chi connectivity index (χ4n) is 2.13. The predicted octanol–water partition coefficient (Wildman–Crippen LogP) is 3.34. The smallest absolute Gasteiger partial charge is 0.282 e. The standard InChI is InChI=1S/3C7H8O3S.Tl/c3*1-6-2-4-7(5-3-6)11(8,9)10;/h3*2-5H,1H3,(H,8,9,10);. The van der Waals surface area contributed by atoms with Crippen molar-refractivity contribution in [1.29, 1.82) is 0 Å². The largest absolute Gasteiger partial charge is 0.294 e. The van der Waals surface area contributed by atoms with Crippen LogP contribution in [0.15, 0.2) is 87.5 Å². The van der Waals surface area contributed by atoms with Crippen LogP contribution in [0.4, 0.5) is 0 Å². The summed E-state index contributed by atoms with van der Waals surface area (Å²) in [7, 11) is -12.1. The molecule has 0 aliphatic heterocycles. The van der Waals surface area contributed by atoms with Crippen molar-refractivity contribution in [2.24, 2.45) is 0 Å². The molecule has 13 heteroatoms. The van der Waals surface area contributed by atoms with E-state index in [4.69, 9.17) is 13.7 Å². The summed E-state index contributed by atoms with van der Waals surface area (Å²) in [5.41, 5.74) is 2.87. The van der Waals surface area contributed by atoms with Crippen LogP contribution in [0.3, 0.4) is 0 Å². The summed E-state index contributed by atoms with van der Waals surface area (Å²) >= 11 is 0. The van der Waals surface area contributed by atoms with Crippen LogP contribution in [0, 0.1) is 20.8 Å². The Morgan fingerprint density at radius 1 is 0.412 bits per heavy atom. The van der Waals surface area contributed by atoms with Crippen molar-refractivity contribution in [1.82, 2.24) is 0 Å². The van der Waals surface area contributed by atoms with Crippen molar-refractivity contribution in [2.75, 3.05) is 0 Å². The average molecular weight is 721 g/mol. The van der Waals surface area contributed by atoms with Gasteiger partial charge in [-0.3, -0.25) is 13.7 Å². The molecule has 3 aromatic rings. The summed E-state index contributed by atoms with van der Waals surface area (Å²) in [6.45, 7) is 5.52. The Balaban J connectivity index is 0.000000473. The molecule has 0 fully saturated rings. The van der Waals surface area contributed by atoms with Crippen molar-refractivity contribution in [3.63, 3.8) is 0 Å². The van der Waals surface area contributed by atoms with Crippen LogP contribution < -0.4 is 0 Å². The van der Waals surface area contributed by atoms with Gasteiger partial charge in [0, 0.05) is 27.3 Å². The van der Waals surface area contributed by atoms with E-state index in [1.165, 1.54) is 36.4 Å². The second-order valence-corrected chi connectivity index (χ2v) is 11.1. The monoisotopic (exact) mass is 721 g/mol. The van der Waals surface area contributed by atoms with E-state index in [0.717, 1.165) is 16.7 Å². The maximum absolute atomic E-state index is 10.5. The molecule has 34 heavy (non-hydrogen) atoms. The summed E-state index contributed by atoms with van der Waals surface area (Å²) in [6.07, 6.45) is 0. The van der Waals surface area contributed by atoms with E-state index in [2.05, 4.69) is 0 Å². The van der Waals surface area contributed by atoms with Gasteiger partial charge in [-0.2, -0.15) is 25.3 Å². The van der Waals surface area contributed by atoms with Gasteiger partial charge >= 0.3 is 0 Å². The molecular formula is C21H24O9S3Tl. The molecule has 0 amide bonds. The molecule has 0 unspecified atom stereocenters. The fraction of sp³-hybridized carbons (Fsp3) is 0.143. The number of aryl methyl sites for hydroxylation is 3. The van der Waals surface area contributed by atoms with Gasteiger partial charge < -0.3 is 0 Å². The molecule has 0 spiro atoms. The Hall–Kier alpha value is -1.69. The van der Waals surface area contributed by atoms with E-state index in [0.29, 0.717) is 0 Å². The van der Waals surface area contributed by atoms with E-state index >= 15 is 0 Å². The van der Waals surface area contributed by atoms with E-state index in [1.54, 1.807) is 36.4 Å². The third-order valence-corrected chi connectivity index (χ3v) is 6.56. The van der Waals surface area contributed by atoms with Gasteiger partial charge in [0.2, 0.25) is 0 Å². The van der Waals surface area contributed by atoms with Crippen molar-refractivity contribution >= 4 is 57.7 Å². The second-order valence-electron chi connectivity index (χ2n) is 6.86. The minimum Gasteiger partial charge on any atom is -0.282 e. The molecule has 0 atom stereocenters. The molecule has 3 rings (SSSR count). The third kappa shape index (κ3) is 12.1. The van der Waals surface area contributed by atoms with Gasteiger partial charge in [0.1, 0.15) is 0 Å². The number of benzene rings is 3. The van der Waals surface area contributed by atoms with Crippen LogP contribution in [-0.4, -0.2) is 66.2 Å². The van der Waals surface area contributed by atoms with E-state index in [1.807, 2.05) is 20.8 Å². The number of hydrogen-bond donors (Lipinski definition) is 3. The normalized spacial score (nSPS) is 11.1. The minimum absolute atomic E-state index is 0. The first-order valence-corrected chi connectivity index (χ1v) is 13.4. The van der Waals surface area contributed by atoms with Gasteiger partial charge in [0.05, 0.1) is 14.7 Å². The molecule has 9 nitrogen and oxygen atoms in total. The molecule has 0 heterocycles. The maximum atomic E-state index is 10.5. The maximum Gasteiger partial charge on any atom is 0.294 e. The summed E-state index contributed by atoms with van der Waals surface area (Å²) in [5, 5.41) is 0. The summed E-state index contributed by atoms with van der Waals surface area (Å²) in [6, 6.07) is 18.0. The average Bonchev–Trinajstić information content (AvgIpc) is 2.68. The Kier molecular flexibility index (Phi) is 12.7. The fourth-order valence-corrected chi connectivity index (χ4v) is 3.57. The molecule has 0 aliphatic carbocycles. The van der Waals surface area contributed by atoms with Crippen LogP contribution in [0.25, 0.3) is 0 Å². The molecule has 1 radical (unpaired) electrons. The molecule has 0 saturated carbocycles. The molecule has 0 aliphatic rings. The van der Waals surface area contributed by atoms with Crippen molar-refractivity contribution in [3.8, 4) is 0 Å². The quantitative estimate of drug-likeness (QED) is 0.272. The van der Waals surface area contributed by atoms with E-state index in [9.17, 15) is 25.3 Å².